The van der Waals surface area contributed by atoms with Crippen molar-refractivity contribution in [3.8, 4) is 0 Å². The summed E-state index contributed by atoms with van der Waals surface area (Å²) in [5.74, 6) is -0.170. The summed E-state index contributed by atoms with van der Waals surface area (Å²) in [6.07, 6.45) is 1.49. The van der Waals surface area contributed by atoms with E-state index in [0.29, 0.717) is 19.4 Å². The smallest absolute Gasteiger partial charge is 0.210 e. The second kappa shape index (κ2) is 4.43. The van der Waals surface area contributed by atoms with E-state index in [1.807, 2.05) is 0 Å². The predicted molar refractivity (Wildman–Crippen MR) is 56.2 cm³/mol. The third kappa shape index (κ3) is 2.10. The summed E-state index contributed by atoms with van der Waals surface area (Å²) in [4.78, 5) is 23.8. The van der Waals surface area contributed by atoms with Gasteiger partial charge in [0.1, 0.15) is 11.6 Å². The molecule has 0 N–H and O–H groups in total. The van der Waals surface area contributed by atoms with Gasteiger partial charge in [-0.2, -0.15) is 0 Å². The zero-order valence-electron chi connectivity index (χ0n) is 8.73. The molecular formula is C12H12FNO2. The monoisotopic (exact) mass is 221 g/mol. The molecule has 1 aliphatic rings. The van der Waals surface area contributed by atoms with Crippen LogP contribution in [0.15, 0.2) is 24.3 Å². The molecule has 1 amide bonds. The van der Waals surface area contributed by atoms with Gasteiger partial charge in [-0.25, -0.2) is 4.39 Å². The van der Waals surface area contributed by atoms with E-state index in [0.717, 1.165) is 12.0 Å². The highest BCUT2D eigenvalue weighted by Gasteiger charge is 2.26. The Morgan fingerprint density at radius 1 is 1.31 bits per heavy atom. The third-order valence-electron chi connectivity index (χ3n) is 2.86. The molecule has 84 valence electrons. The Morgan fingerprint density at radius 3 is 2.62 bits per heavy atom. The van der Waals surface area contributed by atoms with Crippen molar-refractivity contribution in [2.45, 2.75) is 18.9 Å². The summed E-state index contributed by atoms with van der Waals surface area (Å²) in [6.45, 7) is 0.449. The quantitative estimate of drug-likeness (QED) is 0.712. The van der Waals surface area contributed by atoms with Crippen molar-refractivity contribution in [3.63, 3.8) is 0 Å². The van der Waals surface area contributed by atoms with Gasteiger partial charge in [0, 0.05) is 19.4 Å². The minimum atomic E-state index is -0.316. The number of Topliss-reactive ketones (excluding diaryl/α,β-unsaturated/α-hetero) is 1. The van der Waals surface area contributed by atoms with Crippen LogP contribution in [0.1, 0.15) is 24.4 Å². The largest absolute Gasteiger partial charge is 0.337 e. The molecule has 1 fully saturated rings. The maximum Gasteiger partial charge on any atom is 0.210 e. The average Bonchev–Trinajstić information content (AvgIpc) is 2.30. The van der Waals surface area contributed by atoms with Crippen LogP contribution in [0, 0.1) is 5.82 Å². The predicted octanol–water partition coefficient (Wildman–Crippen LogP) is 1.69. The molecule has 0 aromatic heterocycles. The van der Waals surface area contributed by atoms with E-state index in [9.17, 15) is 14.0 Å². The van der Waals surface area contributed by atoms with Gasteiger partial charge in [0.25, 0.3) is 0 Å². The van der Waals surface area contributed by atoms with Gasteiger partial charge in [0.15, 0.2) is 0 Å². The number of amides is 1. The number of hydrogen-bond acceptors (Lipinski definition) is 2. The summed E-state index contributed by atoms with van der Waals surface area (Å²) in [7, 11) is 0. The highest BCUT2D eigenvalue weighted by molar-refractivity contribution is 5.81. The lowest BCUT2D eigenvalue weighted by Gasteiger charge is -2.32. The van der Waals surface area contributed by atoms with Crippen molar-refractivity contribution >= 4 is 12.2 Å². The van der Waals surface area contributed by atoms with Crippen LogP contribution in [0.5, 0.6) is 0 Å². The molecule has 0 bridgehead atoms. The van der Waals surface area contributed by atoms with Crippen molar-refractivity contribution in [1.82, 2.24) is 4.90 Å². The first-order valence-electron chi connectivity index (χ1n) is 5.19. The number of halogens is 1. The standard InChI is InChI=1S/C12H12FNO2/c13-10-3-1-9(2-4-10)12-7-11(16)5-6-14(12)8-15/h1-4,8,12H,5-7H2. The Labute approximate surface area is 92.9 Å². The van der Waals surface area contributed by atoms with Gasteiger partial charge in [-0.3, -0.25) is 9.59 Å². The van der Waals surface area contributed by atoms with Crippen LogP contribution in [0.2, 0.25) is 0 Å². The molecule has 1 aliphatic heterocycles. The molecule has 1 saturated heterocycles. The number of piperidine rings is 1. The number of likely N-dealkylation sites (tertiary alicyclic amines) is 1. The lowest BCUT2D eigenvalue weighted by Crippen LogP contribution is -2.35. The van der Waals surface area contributed by atoms with Crippen LogP contribution in [0.4, 0.5) is 4.39 Å². The second-order valence-electron chi connectivity index (χ2n) is 3.90. The zero-order chi connectivity index (χ0) is 11.5. The van der Waals surface area contributed by atoms with Gasteiger partial charge in [0.2, 0.25) is 6.41 Å². The first-order chi connectivity index (χ1) is 7.70. The van der Waals surface area contributed by atoms with Gasteiger partial charge in [-0.1, -0.05) is 12.1 Å². The first kappa shape index (κ1) is 10.8. The number of rotatable bonds is 2. The molecule has 16 heavy (non-hydrogen) atoms. The Hall–Kier alpha value is -1.71. The summed E-state index contributed by atoms with van der Waals surface area (Å²) < 4.78 is 12.8. The van der Waals surface area contributed by atoms with Crippen LogP contribution >= 0.6 is 0 Å². The molecule has 1 atom stereocenters. The van der Waals surface area contributed by atoms with Crippen molar-refractivity contribution in [2.75, 3.05) is 6.54 Å². The van der Waals surface area contributed by atoms with Crippen molar-refractivity contribution in [2.24, 2.45) is 0 Å². The summed E-state index contributed by atoms with van der Waals surface area (Å²) >= 11 is 0. The SMILES string of the molecule is O=CN1CCC(=O)CC1c1ccc(F)cc1. The number of nitrogens with zero attached hydrogens (tertiary/aromatic N) is 1. The van der Waals surface area contributed by atoms with E-state index in [4.69, 9.17) is 0 Å². The fourth-order valence-corrected chi connectivity index (χ4v) is 1.97. The van der Waals surface area contributed by atoms with Gasteiger partial charge in [-0.15, -0.1) is 0 Å². The molecule has 0 aliphatic carbocycles. The molecular weight excluding hydrogens is 209 g/mol. The average molecular weight is 221 g/mol. The van der Waals surface area contributed by atoms with Crippen LogP contribution in [-0.2, 0) is 9.59 Å². The highest BCUT2D eigenvalue weighted by Crippen LogP contribution is 2.27. The molecule has 2 rings (SSSR count). The van der Waals surface area contributed by atoms with E-state index in [-0.39, 0.29) is 17.6 Å². The minimum Gasteiger partial charge on any atom is -0.337 e. The molecule has 1 unspecified atom stereocenters. The van der Waals surface area contributed by atoms with Gasteiger partial charge in [-0.05, 0) is 17.7 Å². The summed E-state index contributed by atoms with van der Waals surface area (Å²) in [6, 6.07) is 5.69. The van der Waals surface area contributed by atoms with E-state index in [1.54, 1.807) is 17.0 Å². The number of benzene rings is 1. The fraction of sp³-hybridized carbons (Fsp3) is 0.333. The maximum atomic E-state index is 12.8. The van der Waals surface area contributed by atoms with Crippen LogP contribution < -0.4 is 0 Å². The lowest BCUT2D eigenvalue weighted by molar-refractivity contribution is -0.129. The van der Waals surface area contributed by atoms with Crippen molar-refractivity contribution in [3.05, 3.63) is 35.6 Å². The van der Waals surface area contributed by atoms with Crippen LogP contribution in [-0.4, -0.2) is 23.6 Å². The topological polar surface area (TPSA) is 37.4 Å². The molecule has 4 heteroatoms. The van der Waals surface area contributed by atoms with E-state index in [2.05, 4.69) is 0 Å². The van der Waals surface area contributed by atoms with Crippen molar-refractivity contribution in [1.29, 1.82) is 0 Å². The number of carbonyl (C=O) groups excluding carboxylic acids is 2. The van der Waals surface area contributed by atoms with Crippen LogP contribution in [0.25, 0.3) is 0 Å². The molecule has 0 radical (unpaired) electrons. The zero-order valence-corrected chi connectivity index (χ0v) is 8.73. The molecule has 0 saturated carbocycles. The second-order valence-corrected chi connectivity index (χ2v) is 3.90. The first-order valence-corrected chi connectivity index (χ1v) is 5.19. The van der Waals surface area contributed by atoms with Crippen LogP contribution in [0.3, 0.4) is 0 Å². The Morgan fingerprint density at radius 2 is 2.00 bits per heavy atom. The van der Waals surface area contributed by atoms with Crippen molar-refractivity contribution < 1.29 is 14.0 Å². The molecule has 3 nitrogen and oxygen atoms in total. The number of ketones is 1. The minimum absolute atomic E-state index is 0.146. The molecule has 1 heterocycles. The third-order valence-corrected chi connectivity index (χ3v) is 2.86. The maximum absolute atomic E-state index is 12.8. The Kier molecular flexibility index (Phi) is 2.99. The van der Waals surface area contributed by atoms with E-state index in [1.165, 1.54) is 12.1 Å². The Bertz CT molecular complexity index is 402. The number of hydrogen-bond donors (Lipinski definition) is 0. The number of carbonyl (C=O) groups is 2. The van der Waals surface area contributed by atoms with Gasteiger partial charge in [0.05, 0.1) is 6.04 Å². The molecule has 1 aromatic carbocycles. The van der Waals surface area contributed by atoms with Gasteiger partial charge < -0.3 is 4.90 Å². The van der Waals surface area contributed by atoms with E-state index >= 15 is 0 Å². The van der Waals surface area contributed by atoms with Gasteiger partial charge >= 0.3 is 0 Å². The fourth-order valence-electron chi connectivity index (χ4n) is 1.97. The van der Waals surface area contributed by atoms with E-state index < -0.39 is 0 Å². The molecule has 0 spiro atoms. The Balaban J connectivity index is 2.25. The summed E-state index contributed by atoms with van der Waals surface area (Å²) in [5, 5.41) is 0. The summed E-state index contributed by atoms with van der Waals surface area (Å²) in [5.41, 5.74) is 0.807. The normalized spacial score (nSPS) is 20.9. The lowest BCUT2D eigenvalue weighted by atomic mass is 9.95. The highest BCUT2D eigenvalue weighted by atomic mass is 19.1. The molecule has 1 aromatic rings.